The molecule has 504 valence electrons. The Bertz CT molecular complexity index is 1330. The number of allylic oxidation sites excluding steroid dienone is 3. The predicted octanol–water partition coefficient (Wildman–Crippen LogP) is 25.7. The third-order valence-corrected chi connectivity index (χ3v) is 18.5. The average molecular weight is 1200 g/mol. The molecule has 0 spiro atoms. The monoisotopic (exact) mass is 1200 g/mol. The summed E-state index contributed by atoms with van der Waals surface area (Å²) in [7, 11) is 0. The van der Waals surface area contributed by atoms with Gasteiger partial charge in [0.2, 0.25) is 5.91 Å². The fourth-order valence-corrected chi connectivity index (χ4v) is 12.5. The van der Waals surface area contributed by atoms with E-state index < -0.39 is 12.1 Å². The molecule has 6 nitrogen and oxygen atoms in total. The van der Waals surface area contributed by atoms with Gasteiger partial charge in [0.25, 0.3) is 0 Å². The Labute approximate surface area is 532 Å². The molecule has 0 bridgehead atoms. The van der Waals surface area contributed by atoms with Crippen LogP contribution in [0.3, 0.4) is 0 Å². The summed E-state index contributed by atoms with van der Waals surface area (Å²) in [6.07, 6.45) is 95.8. The van der Waals surface area contributed by atoms with Crippen LogP contribution in [0.25, 0.3) is 0 Å². The number of amides is 1. The average Bonchev–Trinajstić information content (AvgIpc) is 3.51. The van der Waals surface area contributed by atoms with E-state index in [4.69, 9.17) is 4.74 Å². The van der Waals surface area contributed by atoms with Crippen LogP contribution in [0, 0.1) is 0 Å². The molecule has 0 rings (SSSR count). The van der Waals surface area contributed by atoms with Crippen LogP contribution in [0.4, 0.5) is 0 Å². The molecule has 0 aromatic heterocycles. The number of hydrogen-bond donors (Lipinski definition) is 3. The Hall–Kier alpha value is -1.66. The summed E-state index contributed by atoms with van der Waals surface area (Å²) in [6.45, 7) is 4.95. The zero-order valence-electron chi connectivity index (χ0n) is 57.9. The highest BCUT2D eigenvalue weighted by atomic mass is 16.5. The van der Waals surface area contributed by atoms with Gasteiger partial charge in [0.15, 0.2) is 0 Å². The Morgan fingerprint density at radius 1 is 0.318 bits per heavy atom. The lowest BCUT2D eigenvalue weighted by Gasteiger charge is -2.20. The van der Waals surface area contributed by atoms with E-state index in [1.54, 1.807) is 6.08 Å². The van der Waals surface area contributed by atoms with E-state index in [1.165, 1.54) is 372 Å². The van der Waals surface area contributed by atoms with E-state index in [2.05, 4.69) is 31.3 Å². The first-order valence-electron chi connectivity index (χ1n) is 39.1. The number of nitrogens with one attached hydrogen (secondary N) is 1. The molecule has 6 heteroatoms. The van der Waals surface area contributed by atoms with Crippen molar-refractivity contribution in [3.63, 3.8) is 0 Å². The number of unbranched alkanes of at least 4 members (excludes halogenated alkanes) is 61. The molecule has 0 saturated heterocycles. The normalized spacial score (nSPS) is 12.6. The van der Waals surface area contributed by atoms with Gasteiger partial charge in [-0.15, -0.1) is 0 Å². The van der Waals surface area contributed by atoms with E-state index in [9.17, 15) is 19.8 Å². The van der Waals surface area contributed by atoms with Crippen LogP contribution in [0.1, 0.15) is 444 Å². The third-order valence-electron chi connectivity index (χ3n) is 18.5. The summed E-state index contributed by atoms with van der Waals surface area (Å²) in [5.74, 6) is -0.0426. The Morgan fingerprint density at radius 2 is 0.553 bits per heavy atom. The smallest absolute Gasteiger partial charge is 0.305 e. The molecule has 85 heavy (non-hydrogen) atoms. The van der Waals surface area contributed by atoms with Crippen molar-refractivity contribution >= 4 is 11.9 Å². The molecule has 0 aliphatic rings. The van der Waals surface area contributed by atoms with Crippen molar-refractivity contribution in [2.24, 2.45) is 0 Å². The zero-order valence-corrected chi connectivity index (χ0v) is 57.9. The molecule has 0 aliphatic heterocycles. The van der Waals surface area contributed by atoms with Crippen molar-refractivity contribution in [1.82, 2.24) is 5.32 Å². The van der Waals surface area contributed by atoms with Crippen LogP contribution in [0.15, 0.2) is 24.3 Å². The van der Waals surface area contributed by atoms with Gasteiger partial charge >= 0.3 is 5.97 Å². The van der Waals surface area contributed by atoms with Crippen LogP contribution in [0.5, 0.6) is 0 Å². The van der Waals surface area contributed by atoms with Crippen molar-refractivity contribution in [2.75, 3.05) is 13.2 Å². The first kappa shape index (κ1) is 83.3. The highest BCUT2D eigenvalue weighted by molar-refractivity contribution is 5.76. The van der Waals surface area contributed by atoms with Gasteiger partial charge in [-0.25, -0.2) is 0 Å². The minimum absolute atomic E-state index is 0.0169. The van der Waals surface area contributed by atoms with Gasteiger partial charge in [0.1, 0.15) is 0 Å². The van der Waals surface area contributed by atoms with Crippen molar-refractivity contribution in [3.05, 3.63) is 24.3 Å². The fourth-order valence-electron chi connectivity index (χ4n) is 12.5. The molecule has 1 amide bonds. The molecular weight excluding hydrogens is 1040 g/mol. The highest BCUT2D eigenvalue weighted by Gasteiger charge is 2.18. The van der Waals surface area contributed by atoms with Crippen LogP contribution in [-0.4, -0.2) is 47.4 Å². The lowest BCUT2D eigenvalue weighted by atomic mass is 10.0. The molecular formula is C79H153NO5. The lowest BCUT2D eigenvalue weighted by Crippen LogP contribution is -2.45. The molecule has 2 atom stereocenters. The largest absolute Gasteiger partial charge is 0.466 e. The van der Waals surface area contributed by atoms with Gasteiger partial charge in [-0.05, 0) is 57.8 Å². The maximum Gasteiger partial charge on any atom is 0.305 e. The predicted molar refractivity (Wildman–Crippen MR) is 375 cm³/mol. The summed E-state index contributed by atoms with van der Waals surface area (Å²) >= 11 is 0. The van der Waals surface area contributed by atoms with Gasteiger partial charge in [-0.3, -0.25) is 9.59 Å². The van der Waals surface area contributed by atoms with Crippen LogP contribution in [-0.2, 0) is 14.3 Å². The van der Waals surface area contributed by atoms with Crippen molar-refractivity contribution < 1.29 is 24.5 Å². The molecule has 0 saturated carbocycles. The molecule has 0 aromatic rings. The maximum atomic E-state index is 12.5. The maximum absolute atomic E-state index is 12.5. The Morgan fingerprint density at radius 3 is 0.835 bits per heavy atom. The van der Waals surface area contributed by atoms with Gasteiger partial charge in [-0.1, -0.05) is 398 Å². The number of ether oxygens (including phenoxy) is 1. The summed E-state index contributed by atoms with van der Waals surface area (Å²) < 4.78 is 5.51. The fraction of sp³-hybridized carbons (Fsp3) is 0.924. The molecule has 3 N–H and O–H groups in total. The van der Waals surface area contributed by atoms with Crippen LogP contribution in [0.2, 0.25) is 0 Å². The molecule has 2 unspecified atom stereocenters. The number of aliphatic hydroxyl groups excluding tert-OH is 2. The molecule has 0 aliphatic carbocycles. The lowest BCUT2D eigenvalue weighted by molar-refractivity contribution is -0.143. The van der Waals surface area contributed by atoms with E-state index in [-0.39, 0.29) is 18.5 Å². The highest BCUT2D eigenvalue weighted by Crippen LogP contribution is 2.20. The minimum atomic E-state index is -0.843. The third kappa shape index (κ3) is 71.3. The SMILES string of the molecule is CCCCCCCC/C=C\CCCCCCCCCC(=O)OCCCCCCCCCCCCCCCCCCCCCCCCCCCCCCCC(=O)NC(CO)C(O)/C=C/CCCCCCCCCCCCCCCCCCCCCC. The first-order valence-corrected chi connectivity index (χ1v) is 39.1. The van der Waals surface area contributed by atoms with E-state index >= 15 is 0 Å². The minimum Gasteiger partial charge on any atom is -0.466 e. The summed E-state index contributed by atoms with van der Waals surface area (Å²) in [5.41, 5.74) is 0. The molecule has 0 heterocycles. The summed E-state index contributed by atoms with van der Waals surface area (Å²) in [6, 6.07) is -0.626. The topological polar surface area (TPSA) is 95.9 Å². The van der Waals surface area contributed by atoms with E-state index in [0.717, 1.165) is 44.9 Å². The Kier molecular flexibility index (Phi) is 73.3. The second kappa shape index (κ2) is 74.8. The van der Waals surface area contributed by atoms with Crippen LogP contribution < -0.4 is 5.32 Å². The summed E-state index contributed by atoms with van der Waals surface area (Å²) in [4.78, 5) is 24.7. The van der Waals surface area contributed by atoms with Crippen molar-refractivity contribution in [2.45, 2.75) is 456 Å². The number of aliphatic hydroxyl groups is 2. The zero-order chi connectivity index (χ0) is 61.3. The quantitative estimate of drug-likeness (QED) is 0.0320. The number of hydrogen-bond acceptors (Lipinski definition) is 5. The number of carbonyl (C=O) groups is 2. The molecule has 0 fully saturated rings. The molecule has 0 radical (unpaired) electrons. The first-order chi connectivity index (χ1) is 42.0. The van der Waals surface area contributed by atoms with Crippen molar-refractivity contribution in [1.29, 1.82) is 0 Å². The van der Waals surface area contributed by atoms with Crippen LogP contribution >= 0.6 is 0 Å². The summed E-state index contributed by atoms with van der Waals surface area (Å²) in [5, 5.41) is 23.3. The number of carbonyl (C=O) groups excluding carboxylic acids is 2. The second-order valence-electron chi connectivity index (χ2n) is 27.0. The van der Waals surface area contributed by atoms with Crippen molar-refractivity contribution in [3.8, 4) is 0 Å². The van der Waals surface area contributed by atoms with Gasteiger partial charge < -0.3 is 20.3 Å². The second-order valence-corrected chi connectivity index (χ2v) is 27.0. The van der Waals surface area contributed by atoms with Gasteiger partial charge in [-0.2, -0.15) is 0 Å². The van der Waals surface area contributed by atoms with Gasteiger partial charge in [0.05, 0.1) is 25.4 Å². The van der Waals surface area contributed by atoms with E-state index in [0.29, 0.717) is 19.4 Å². The number of esters is 1. The standard InChI is InChI=1S/C79H153NO5/c1-3-5-7-9-11-13-15-17-19-21-22-23-33-36-40-43-47-51-55-59-63-67-71-77(82)76(75-81)80-78(83)72-68-64-60-56-52-48-44-41-37-34-31-29-27-25-24-26-28-30-32-35-38-42-46-50-54-58-62-66-70-74-85-79(84)73-69-65-61-57-53-49-45-39-20-18-16-14-12-10-8-6-4-2/h18,20,67,71,76-77,81-82H,3-17,19,21-66,68-70,72-75H2,1-2H3,(H,80,83)/b20-18-,71-67+. The number of rotatable bonds is 74. The van der Waals surface area contributed by atoms with E-state index in [1.807, 2.05) is 6.08 Å². The van der Waals surface area contributed by atoms with Gasteiger partial charge in [0, 0.05) is 12.8 Å². The Balaban J connectivity index is 3.36. The molecule has 0 aromatic carbocycles.